The summed E-state index contributed by atoms with van der Waals surface area (Å²) in [5.41, 5.74) is -3.71. The van der Waals surface area contributed by atoms with Crippen LogP contribution in [0.15, 0.2) is 42.9 Å². The molecule has 2 aromatic heterocycles. The Kier molecular flexibility index (Phi) is 6.45. The molecule has 36 heavy (non-hydrogen) atoms. The zero-order valence-electron chi connectivity index (χ0n) is 18.5. The van der Waals surface area contributed by atoms with Crippen molar-refractivity contribution in [1.29, 1.82) is 0 Å². The summed E-state index contributed by atoms with van der Waals surface area (Å²) in [7, 11) is 0. The van der Waals surface area contributed by atoms with E-state index in [1.165, 1.54) is 29.9 Å². The van der Waals surface area contributed by atoms with Crippen LogP contribution >= 0.6 is 0 Å². The summed E-state index contributed by atoms with van der Waals surface area (Å²) in [6.45, 7) is 1.42. The zero-order chi connectivity index (χ0) is 26.3. The van der Waals surface area contributed by atoms with Gasteiger partial charge in [0, 0.05) is 17.8 Å². The molecule has 4 rings (SSSR count). The number of halogens is 6. The van der Waals surface area contributed by atoms with Crippen LogP contribution in [0.3, 0.4) is 0 Å². The van der Waals surface area contributed by atoms with Crippen LogP contribution < -0.4 is 10.6 Å². The molecule has 0 bridgehead atoms. The minimum Gasteiger partial charge on any atom is -0.349 e. The van der Waals surface area contributed by atoms with Gasteiger partial charge in [-0.25, -0.2) is 9.97 Å². The van der Waals surface area contributed by atoms with Gasteiger partial charge in [-0.15, -0.1) is 0 Å². The Morgan fingerprint density at radius 3 is 2.11 bits per heavy atom. The predicted octanol–water partition coefficient (Wildman–Crippen LogP) is 4.08. The number of rotatable bonds is 6. The lowest BCUT2D eigenvalue weighted by molar-refractivity contribution is -0.143. The summed E-state index contributed by atoms with van der Waals surface area (Å²) in [5, 5.41) is 9.16. The maximum absolute atomic E-state index is 13.1. The van der Waals surface area contributed by atoms with Crippen molar-refractivity contribution in [3.63, 3.8) is 0 Å². The minimum atomic E-state index is -5.09. The van der Waals surface area contributed by atoms with Gasteiger partial charge in [-0.1, -0.05) is 0 Å². The van der Waals surface area contributed by atoms with E-state index in [1.54, 1.807) is 0 Å². The van der Waals surface area contributed by atoms with Gasteiger partial charge < -0.3 is 10.6 Å². The molecule has 14 heteroatoms. The molecule has 1 aliphatic carbocycles. The second-order valence-electron chi connectivity index (χ2n) is 8.17. The first-order valence-electron chi connectivity index (χ1n) is 10.6. The van der Waals surface area contributed by atoms with Crippen LogP contribution in [0.5, 0.6) is 0 Å². The normalized spacial score (nSPS) is 14.9. The van der Waals surface area contributed by atoms with Gasteiger partial charge >= 0.3 is 12.4 Å². The molecule has 1 aliphatic rings. The summed E-state index contributed by atoms with van der Waals surface area (Å²) in [6.07, 6.45) is -5.88. The lowest BCUT2D eigenvalue weighted by Crippen LogP contribution is -2.29. The van der Waals surface area contributed by atoms with Crippen LogP contribution in [-0.2, 0) is 12.4 Å². The fraction of sp³-hybridized carbons (Fsp3) is 0.318. The summed E-state index contributed by atoms with van der Waals surface area (Å²) >= 11 is 0. The van der Waals surface area contributed by atoms with Crippen molar-refractivity contribution in [2.75, 3.05) is 0 Å². The number of nitrogens with zero attached hydrogens (tertiary/aromatic N) is 4. The third-order valence-electron chi connectivity index (χ3n) is 5.30. The zero-order valence-corrected chi connectivity index (χ0v) is 18.5. The number of amides is 2. The summed E-state index contributed by atoms with van der Waals surface area (Å²) in [6, 6.07) is 2.80. The van der Waals surface area contributed by atoms with Gasteiger partial charge in [0.15, 0.2) is 11.6 Å². The number of benzene rings is 1. The Bertz CT molecular complexity index is 1250. The van der Waals surface area contributed by atoms with Crippen molar-refractivity contribution < 1.29 is 35.9 Å². The Balaban J connectivity index is 1.54. The highest BCUT2D eigenvalue weighted by Crippen LogP contribution is 2.36. The molecule has 2 amide bonds. The number of hydrogen-bond donors (Lipinski definition) is 2. The van der Waals surface area contributed by atoms with Crippen molar-refractivity contribution in [1.82, 2.24) is 30.4 Å². The predicted molar refractivity (Wildman–Crippen MR) is 112 cm³/mol. The molecule has 0 unspecified atom stereocenters. The number of nitrogens with one attached hydrogen (secondary N) is 2. The van der Waals surface area contributed by atoms with Gasteiger partial charge in [0.05, 0.1) is 22.7 Å². The quantitative estimate of drug-likeness (QED) is 0.485. The third-order valence-corrected chi connectivity index (χ3v) is 5.30. The lowest BCUT2D eigenvalue weighted by atomic mass is 10.0. The first-order valence-corrected chi connectivity index (χ1v) is 10.6. The van der Waals surface area contributed by atoms with Crippen LogP contribution in [0.1, 0.15) is 63.5 Å². The van der Waals surface area contributed by atoms with Gasteiger partial charge in [0.2, 0.25) is 0 Å². The Morgan fingerprint density at radius 1 is 0.944 bits per heavy atom. The SMILES string of the molecule is C[C@H](NC(=O)c1cc(C(F)(F)F)cc(C(F)(F)F)c1)c1ncnn1-c1ccc(C(=O)NC2CC2)cn1. The molecule has 0 saturated heterocycles. The molecule has 0 radical (unpaired) electrons. The smallest absolute Gasteiger partial charge is 0.349 e. The van der Waals surface area contributed by atoms with E-state index in [1.807, 2.05) is 0 Å². The number of carbonyl (C=O) groups excluding carboxylic acids is 2. The molecule has 1 saturated carbocycles. The average Bonchev–Trinajstić information content (AvgIpc) is 3.48. The Hall–Kier alpha value is -3.97. The van der Waals surface area contributed by atoms with Crippen molar-refractivity contribution >= 4 is 11.8 Å². The number of pyridine rings is 1. The Morgan fingerprint density at radius 2 is 1.58 bits per heavy atom. The van der Waals surface area contributed by atoms with E-state index in [0.717, 1.165) is 19.2 Å². The fourth-order valence-electron chi connectivity index (χ4n) is 3.29. The van der Waals surface area contributed by atoms with E-state index in [9.17, 15) is 35.9 Å². The molecule has 1 aromatic carbocycles. The van der Waals surface area contributed by atoms with Crippen LogP contribution in [-0.4, -0.2) is 37.6 Å². The molecule has 8 nitrogen and oxygen atoms in total. The van der Waals surface area contributed by atoms with Crippen LogP contribution in [0, 0.1) is 0 Å². The largest absolute Gasteiger partial charge is 0.416 e. The topological polar surface area (TPSA) is 102 Å². The van der Waals surface area contributed by atoms with E-state index >= 15 is 0 Å². The van der Waals surface area contributed by atoms with Crippen molar-refractivity contribution in [2.45, 2.75) is 44.2 Å². The van der Waals surface area contributed by atoms with Crippen molar-refractivity contribution in [3.8, 4) is 5.82 Å². The van der Waals surface area contributed by atoms with Crippen molar-refractivity contribution in [2.24, 2.45) is 0 Å². The Labute approximate surface area is 199 Å². The molecular weight excluding hydrogens is 494 g/mol. The van der Waals surface area contributed by atoms with Crippen LogP contribution in [0.4, 0.5) is 26.3 Å². The molecule has 0 aliphatic heterocycles. The van der Waals surface area contributed by atoms with E-state index in [2.05, 4.69) is 25.7 Å². The van der Waals surface area contributed by atoms with E-state index < -0.39 is 41.0 Å². The maximum Gasteiger partial charge on any atom is 0.416 e. The van der Waals surface area contributed by atoms with Crippen LogP contribution in [0.25, 0.3) is 5.82 Å². The number of alkyl halides is 6. The molecule has 0 spiro atoms. The maximum atomic E-state index is 13.1. The molecule has 2 heterocycles. The molecule has 1 atom stereocenters. The van der Waals surface area contributed by atoms with Crippen molar-refractivity contribution in [3.05, 3.63) is 70.9 Å². The summed E-state index contributed by atoms with van der Waals surface area (Å²) in [5.74, 6) is -1.12. The van der Waals surface area contributed by atoms with Crippen LogP contribution in [0.2, 0.25) is 0 Å². The average molecular weight is 512 g/mol. The highest BCUT2D eigenvalue weighted by Gasteiger charge is 2.37. The van der Waals surface area contributed by atoms with E-state index in [4.69, 9.17) is 0 Å². The molecule has 2 N–H and O–H groups in total. The second-order valence-corrected chi connectivity index (χ2v) is 8.17. The van der Waals surface area contributed by atoms with E-state index in [-0.39, 0.29) is 29.7 Å². The van der Waals surface area contributed by atoms with Gasteiger partial charge in [0.25, 0.3) is 11.8 Å². The highest BCUT2D eigenvalue weighted by molar-refractivity contribution is 5.95. The summed E-state index contributed by atoms with van der Waals surface area (Å²) < 4.78 is 79.9. The standard InChI is InChI=1S/C22H18F6N6O2/c1-11(32-20(36)13-6-14(21(23,24)25)8-15(7-13)22(26,27)28)18-30-10-31-34(18)17-5-2-12(9-29-17)19(35)33-16-3-4-16/h2,5-11,16H,3-4H2,1H3,(H,32,36)(H,33,35)/t11-/m0/s1. The molecule has 190 valence electrons. The monoisotopic (exact) mass is 512 g/mol. The lowest BCUT2D eigenvalue weighted by Gasteiger charge is -2.17. The second kappa shape index (κ2) is 9.24. The highest BCUT2D eigenvalue weighted by atomic mass is 19.4. The van der Waals surface area contributed by atoms with Gasteiger partial charge in [-0.3, -0.25) is 9.59 Å². The van der Waals surface area contributed by atoms with Gasteiger partial charge in [0.1, 0.15) is 6.33 Å². The fourth-order valence-corrected chi connectivity index (χ4v) is 3.29. The summed E-state index contributed by atoms with van der Waals surface area (Å²) in [4.78, 5) is 32.9. The first-order chi connectivity index (χ1) is 16.8. The number of carbonyl (C=O) groups is 2. The third kappa shape index (κ3) is 5.63. The van der Waals surface area contributed by atoms with Gasteiger partial charge in [-0.05, 0) is 50.1 Å². The number of hydrogen-bond acceptors (Lipinski definition) is 5. The molecular formula is C22H18F6N6O2. The van der Waals surface area contributed by atoms with Gasteiger partial charge in [-0.2, -0.15) is 36.1 Å². The molecule has 1 fully saturated rings. The van der Waals surface area contributed by atoms with E-state index in [0.29, 0.717) is 17.7 Å². The minimum absolute atomic E-state index is 0.0584. The first kappa shape index (κ1) is 25.1. The number of aromatic nitrogens is 4. The molecule has 3 aromatic rings.